The van der Waals surface area contributed by atoms with Gasteiger partial charge in [-0.3, -0.25) is 4.79 Å². The number of aryl methyl sites for hydroxylation is 1. The van der Waals surface area contributed by atoms with E-state index in [0.29, 0.717) is 24.1 Å². The van der Waals surface area contributed by atoms with Crippen LogP contribution in [0.4, 0.5) is 4.39 Å². The van der Waals surface area contributed by atoms with Gasteiger partial charge in [0.2, 0.25) is 10.0 Å². The Hall–Kier alpha value is -2.25. The molecule has 2 aromatic carbocycles. The molecule has 0 aliphatic carbocycles. The topological polar surface area (TPSA) is 89.3 Å². The molecule has 0 heterocycles. The molecule has 0 spiro atoms. The van der Waals surface area contributed by atoms with Crippen LogP contribution in [0.1, 0.15) is 27.0 Å². The van der Waals surface area contributed by atoms with Crippen molar-refractivity contribution in [3.63, 3.8) is 0 Å². The summed E-state index contributed by atoms with van der Waals surface area (Å²) in [5.74, 6) is -0.696. The lowest BCUT2D eigenvalue weighted by Crippen LogP contribution is -2.26. The van der Waals surface area contributed by atoms with E-state index in [4.69, 9.17) is 5.14 Å². The third kappa shape index (κ3) is 4.39. The van der Waals surface area contributed by atoms with Crippen LogP contribution < -0.4 is 10.5 Å². The minimum absolute atomic E-state index is 0.0498. The van der Waals surface area contributed by atoms with Gasteiger partial charge >= 0.3 is 0 Å². The second-order valence-electron chi connectivity index (χ2n) is 5.59. The van der Waals surface area contributed by atoms with Gasteiger partial charge < -0.3 is 5.32 Å². The molecule has 0 saturated heterocycles. The van der Waals surface area contributed by atoms with E-state index in [-0.39, 0.29) is 22.2 Å². The molecule has 0 atom stereocenters. The molecule has 5 nitrogen and oxygen atoms in total. The number of benzene rings is 2. The van der Waals surface area contributed by atoms with Crippen molar-refractivity contribution in [2.45, 2.75) is 25.2 Å². The minimum Gasteiger partial charge on any atom is -0.352 e. The first-order valence-corrected chi connectivity index (χ1v) is 8.90. The highest BCUT2D eigenvalue weighted by molar-refractivity contribution is 7.89. The first kappa shape index (κ1) is 18.1. The highest BCUT2D eigenvalue weighted by atomic mass is 32.2. The van der Waals surface area contributed by atoms with Crippen LogP contribution >= 0.6 is 0 Å². The third-order valence-electron chi connectivity index (χ3n) is 3.80. The van der Waals surface area contributed by atoms with Crippen molar-refractivity contribution < 1.29 is 17.6 Å². The van der Waals surface area contributed by atoms with Crippen LogP contribution in [0.2, 0.25) is 0 Å². The molecule has 0 unspecified atom stereocenters. The van der Waals surface area contributed by atoms with Gasteiger partial charge in [-0.2, -0.15) is 0 Å². The number of nitrogens with two attached hydrogens (primary N) is 1. The Morgan fingerprint density at radius 3 is 2.38 bits per heavy atom. The number of carbonyl (C=O) groups is 1. The Kier molecular flexibility index (Phi) is 5.36. The van der Waals surface area contributed by atoms with E-state index in [1.165, 1.54) is 18.2 Å². The number of amides is 1. The summed E-state index contributed by atoms with van der Waals surface area (Å²) >= 11 is 0. The number of nitrogens with one attached hydrogen (secondary N) is 1. The van der Waals surface area contributed by atoms with E-state index in [2.05, 4.69) is 5.32 Å². The fraction of sp³-hybridized carbons (Fsp3) is 0.235. The van der Waals surface area contributed by atoms with Gasteiger partial charge in [0.05, 0.1) is 4.90 Å². The average molecular weight is 350 g/mol. The van der Waals surface area contributed by atoms with Crippen LogP contribution in [0.5, 0.6) is 0 Å². The largest absolute Gasteiger partial charge is 0.352 e. The van der Waals surface area contributed by atoms with E-state index in [1.54, 1.807) is 32.0 Å². The quantitative estimate of drug-likeness (QED) is 0.865. The van der Waals surface area contributed by atoms with Crippen molar-refractivity contribution in [3.05, 3.63) is 64.5 Å². The van der Waals surface area contributed by atoms with Gasteiger partial charge in [-0.05, 0) is 61.2 Å². The molecular weight excluding hydrogens is 331 g/mol. The highest BCUT2D eigenvalue weighted by Gasteiger charge is 2.17. The zero-order valence-corrected chi connectivity index (χ0v) is 14.3. The average Bonchev–Trinajstić information content (AvgIpc) is 2.50. The molecule has 3 N–H and O–H groups in total. The lowest BCUT2D eigenvalue weighted by atomic mass is 10.1. The summed E-state index contributed by atoms with van der Waals surface area (Å²) in [6, 6.07) is 8.92. The van der Waals surface area contributed by atoms with E-state index in [1.807, 2.05) is 0 Å². The smallest absolute Gasteiger partial charge is 0.251 e. The van der Waals surface area contributed by atoms with Gasteiger partial charge in [-0.1, -0.05) is 12.1 Å². The maximum Gasteiger partial charge on any atom is 0.251 e. The fourth-order valence-electron chi connectivity index (χ4n) is 2.33. The van der Waals surface area contributed by atoms with Crippen LogP contribution in [0.25, 0.3) is 0 Å². The molecule has 0 aromatic heterocycles. The molecule has 0 fully saturated rings. The number of rotatable bonds is 5. The standard InChI is InChI=1S/C17H19FN2O3S/c1-11-9-14(10-16(12(11)2)24(19,22)23)17(21)20-8-7-13-3-5-15(18)6-4-13/h3-6,9-10H,7-8H2,1-2H3,(H,20,21)(H2,19,22,23). The monoisotopic (exact) mass is 350 g/mol. The van der Waals surface area contributed by atoms with Crippen molar-refractivity contribution >= 4 is 15.9 Å². The number of halogens is 1. The van der Waals surface area contributed by atoms with Crippen molar-refractivity contribution in [2.75, 3.05) is 6.54 Å². The number of carbonyl (C=O) groups excluding carboxylic acids is 1. The summed E-state index contributed by atoms with van der Waals surface area (Å²) < 4.78 is 36.1. The lowest BCUT2D eigenvalue weighted by molar-refractivity contribution is 0.0954. The van der Waals surface area contributed by atoms with Crippen molar-refractivity contribution in [1.29, 1.82) is 0 Å². The third-order valence-corrected chi connectivity index (χ3v) is 4.84. The Bertz CT molecular complexity index is 862. The van der Waals surface area contributed by atoms with E-state index in [0.717, 1.165) is 5.56 Å². The molecule has 0 aliphatic rings. The molecule has 0 radical (unpaired) electrons. The number of hydrogen-bond donors (Lipinski definition) is 2. The molecular formula is C17H19FN2O3S. The summed E-state index contributed by atoms with van der Waals surface area (Å²) in [6.45, 7) is 3.71. The van der Waals surface area contributed by atoms with Crippen molar-refractivity contribution in [3.8, 4) is 0 Å². The van der Waals surface area contributed by atoms with Gasteiger partial charge in [0.1, 0.15) is 5.82 Å². The molecule has 0 aliphatic heterocycles. The summed E-state index contributed by atoms with van der Waals surface area (Å²) in [5.41, 5.74) is 2.33. The fourth-order valence-corrected chi connectivity index (χ4v) is 3.21. The maximum absolute atomic E-state index is 12.8. The highest BCUT2D eigenvalue weighted by Crippen LogP contribution is 2.20. The van der Waals surface area contributed by atoms with Crippen molar-refractivity contribution in [1.82, 2.24) is 5.32 Å². The van der Waals surface area contributed by atoms with E-state index < -0.39 is 10.0 Å². The lowest BCUT2D eigenvalue weighted by Gasteiger charge is -2.11. The second kappa shape index (κ2) is 7.11. The normalized spacial score (nSPS) is 11.3. The minimum atomic E-state index is -3.90. The SMILES string of the molecule is Cc1cc(C(=O)NCCc2ccc(F)cc2)cc(S(N)(=O)=O)c1C. The Morgan fingerprint density at radius 1 is 1.17 bits per heavy atom. The molecule has 2 aromatic rings. The number of sulfonamides is 1. The summed E-state index contributed by atoms with van der Waals surface area (Å²) in [7, 11) is -3.90. The first-order chi connectivity index (χ1) is 11.2. The predicted octanol–water partition coefficient (Wildman–Crippen LogP) is 2.06. The van der Waals surface area contributed by atoms with Crippen LogP contribution in [0, 0.1) is 19.7 Å². The Labute approximate surface area is 140 Å². The predicted molar refractivity (Wildman–Crippen MR) is 89.7 cm³/mol. The summed E-state index contributed by atoms with van der Waals surface area (Å²) in [4.78, 5) is 12.2. The maximum atomic E-state index is 12.8. The number of hydrogen-bond acceptors (Lipinski definition) is 3. The zero-order valence-electron chi connectivity index (χ0n) is 13.5. The zero-order chi connectivity index (χ0) is 17.9. The first-order valence-electron chi connectivity index (χ1n) is 7.35. The van der Waals surface area contributed by atoms with E-state index >= 15 is 0 Å². The van der Waals surface area contributed by atoms with Gasteiger partial charge in [0.15, 0.2) is 0 Å². The van der Waals surface area contributed by atoms with Crippen molar-refractivity contribution in [2.24, 2.45) is 5.14 Å². The van der Waals surface area contributed by atoms with Gasteiger partial charge in [-0.15, -0.1) is 0 Å². The van der Waals surface area contributed by atoms with Crippen LogP contribution in [-0.4, -0.2) is 20.9 Å². The van der Waals surface area contributed by atoms with Crippen LogP contribution in [-0.2, 0) is 16.4 Å². The molecule has 0 saturated carbocycles. The summed E-state index contributed by atoms with van der Waals surface area (Å²) in [5, 5.41) is 7.91. The van der Waals surface area contributed by atoms with Gasteiger partial charge in [0.25, 0.3) is 5.91 Å². The molecule has 24 heavy (non-hydrogen) atoms. The Morgan fingerprint density at radius 2 is 1.79 bits per heavy atom. The second-order valence-corrected chi connectivity index (χ2v) is 7.12. The van der Waals surface area contributed by atoms with Gasteiger partial charge in [0, 0.05) is 12.1 Å². The number of primary sulfonamides is 1. The molecule has 2 rings (SSSR count). The van der Waals surface area contributed by atoms with E-state index in [9.17, 15) is 17.6 Å². The van der Waals surface area contributed by atoms with Crippen LogP contribution in [0.15, 0.2) is 41.3 Å². The molecule has 128 valence electrons. The van der Waals surface area contributed by atoms with Gasteiger partial charge in [-0.25, -0.2) is 17.9 Å². The molecule has 7 heteroatoms. The molecule has 0 bridgehead atoms. The molecule has 1 amide bonds. The van der Waals surface area contributed by atoms with Crippen LogP contribution in [0.3, 0.4) is 0 Å². The summed E-state index contributed by atoms with van der Waals surface area (Å²) in [6.07, 6.45) is 0.541. The Balaban J connectivity index is 2.10.